The highest BCUT2D eigenvalue weighted by Gasteiger charge is 2.30. The Morgan fingerprint density at radius 2 is 2.12 bits per heavy atom. The average Bonchev–Trinajstić information content (AvgIpc) is 3.07. The fourth-order valence-electron chi connectivity index (χ4n) is 3.20. The highest BCUT2D eigenvalue weighted by Crippen LogP contribution is 2.18. The molecular formula is C20H26N2O3. The van der Waals surface area contributed by atoms with Crippen LogP contribution in [0.25, 0.3) is 0 Å². The molecule has 0 radical (unpaired) electrons. The first-order chi connectivity index (χ1) is 12.0. The molecule has 3 rings (SSSR count). The number of hydrogen-bond acceptors (Lipinski definition) is 4. The summed E-state index contributed by atoms with van der Waals surface area (Å²) in [5.74, 6) is 0.709. The van der Waals surface area contributed by atoms with E-state index in [0.29, 0.717) is 12.2 Å². The Balaban J connectivity index is 1.61. The average molecular weight is 342 g/mol. The summed E-state index contributed by atoms with van der Waals surface area (Å²) in [6.45, 7) is 7.21. The van der Waals surface area contributed by atoms with Crippen molar-refractivity contribution in [2.45, 2.75) is 32.5 Å². The van der Waals surface area contributed by atoms with Crippen molar-refractivity contribution in [3.8, 4) is 0 Å². The summed E-state index contributed by atoms with van der Waals surface area (Å²) in [6.07, 6.45) is 1.52. The van der Waals surface area contributed by atoms with E-state index in [1.54, 1.807) is 11.0 Å². The van der Waals surface area contributed by atoms with Crippen LogP contribution in [0.4, 0.5) is 0 Å². The van der Waals surface area contributed by atoms with Gasteiger partial charge >= 0.3 is 0 Å². The van der Waals surface area contributed by atoms with Crippen LogP contribution in [0.15, 0.2) is 47.1 Å². The first kappa shape index (κ1) is 17.7. The van der Waals surface area contributed by atoms with Gasteiger partial charge in [-0.1, -0.05) is 30.3 Å². The van der Waals surface area contributed by atoms with E-state index >= 15 is 0 Å². The summed E-state index contributed by atoms with van der Waals surface area (Å²) in [5, 5.41) is 0. The SMILES string of the molecule is Cc1cc(C(=O)N(C)[C@@H](C)[C@@H]2CN(Cc3ccccc3)CCO2)co1. The van der Waals surface area contributed by atoms with E-state index in [2.05, 4.69) is 29.2 Å². The largest absolute Gasteiger partial charge is 0.469 e. The van der Waals surface area contributed by atoms with E-state index in [-0.39, 0.29) is 18.1 Å². The van der Waals surface area contributed by atoms with E-state index in [1.165, 1.54) is 11.8 Å². The van der Waals surface area contributed by atoms with Gasteiger partial charge in [-0.25, -0.2) is 0 Å². The number of carbonyl (C=O) groups excluding carboxylic acids is 1. The number of likely N-dealkylation sites (N-methyl/N-ethyl adjacent to an activating group) is 1. The molecule has 0 spiro atoms. The number of nitrogens with zero attached hydrogens (tertiary/aromatic N) is 2. The Hall–Kier alpha value is -2.11. The van der Waals surface area contributed by atoms with E-state index < -0.39 is 0 Å². The van der Waals surface area contributed by atoms with Crippen LogP contribution in [0.1, 0.15) is 28.6 Å². The second kappa shape index (κ2) is 7.85. The van der Waals surface area contributed by atoms with E-state index in [1.807, 2.05) is 27.0 Å². The topological polar surface area (TPSA) is 45.9 Å². The molecule has 1 aromatic heterocycles. The lowest BCUT2D eigenvalue weighted by atomic mass is 10.1. The van der Waals surface area contributed by atoms with Crippen molar-refractivity contribution in [2.24, 2.45) is 0 Å². The molecule has 1 aliphatic rings. The Kier molecular flexibility index (Phi) is 5.56. The zero-order chi connectivity index (χ0) is 17.8. The van der Waals surface area contributed by atoms with Gasteiger partial charge in [0.05, 0.1) is 24.3 Å². The van der Waals surface area contributed by atoms with Gasteiger partial charge in [-0.2, -0.15) is 0 Å². The van der Waals surface area contributed by atoms with Gasteiger partial charge in [0.25, 0.3) is 5.91 Å². The van der Waals surface area contributed by atoms with Gasteiger partial charge in [0.1, 0.15) is 12.0 Å². The number of benzene rings is 1. The van der Waals surface area contributed by atoms with Crippen molar-refractivity contribution >= 4 is 5.91 Å². The molecule has 1 aromatic carbocycles. The zero-order valence-electron chi connectivity index (χ0n) is 15.1. The fourth-order valence-corrected chi connectivity index (χ4v) is 3.20. The van der Waals surface area contributed by atoms with Gasteiger partial charge in [0.2, 0.25) is 0 Å². The molecule has 1 fully saturated rings. The molecule has 0 unspecified atom stereocenters. The maximum absolute atomic E-state index is 12.6. The van der Waals surface area contributed by atoms with Crippen molar-refractivity contribution in [2.75, 3.05) is 26.7 Å². The first-order valence-corrected chi connectivity index (χ1v) is 8.75. The minimum absolute atomic E-state index is 0.000546. The lowest BCUT2D eigenvalue weighted by Crippen LogP contribution is -2.52. The zero-order valence-corrected chi connectivity index (χ0v) is 15.1. The van der Waals surface area contributed by atoms with Gasteiger partial charge in [0.15, 0.2) is 0 Å². The molecule has 25 heavy (non-hydrogen) atoms. The van der Waals surface area contributed by atoms with E-state index in [0.717, 1.165) is 25.4 Å². The monoisotopic (exact) mass is 342 g/mol. The second-order valence-electron chi connectivity index (χ2n) is 6.73. The summed E-state index contributed by atoms with van der Waals surface area (Å²) in [5.41, 5.74) is 1.89. The van der Waals surface area contributed by atoms with Crippen molar-refractivity contribution in [3.05, 3.63) is 59.5 Å². The molecule has 1 aliphatic heterocycles. The molecule has 134 valence electrons. The van der Waals surface area contributed by atoms with Crippen LogP contribution in [0.5, 0.6) is 0 Å². The number of carbonyl (C=O) groups is 1. The van der Waals surface area contributed by atoms with Gasteiger partial charge < -0.3 is 14.1 Å². The summed E-state index contributed by atoms with van der Waals surface area (Å²) in [4.78, 5) is 16.8. The summed E-state index contributed by atoms with van der Waals surface area (Å²) in [7, 11) is 1.83. The third-order valence-corrected chi connectivity index (χ3v) is 4.87. The third kappa shape index (κ3) is 4.30. The van der Waals surface area contributed by atoms with Crippen LogP contribution in [0, 0.1) is 6.92 Å². The molecule has 0 saturated carbocycles. The Morgan fingerprint density at radius 1 is 1.36 bits per heavy atom. The summed E-state index contributed by atoms with van der Waals surface area (Å²) in [6, 6.07) is 12.2. The van der Waals surface area contributed by atoms with E-state index in [9.17, 15) is 4.79 Å². The molecule has 1 saturated heterocycles. The quantitative estimate of drug-likeness (QED) is 0.838. The van der Waals surface area contributed by atoms with Crippen molar-refractivity contribution < 1.29 is 13.9 Å². The van der Waals surface area contributed by atoms with Crippen LogP contribution in [-0.4, -0.2) is 54.6 Å². The predicted octanol–water partition coefficient (Wildman–Crippen LogP) is 2.95. The van der Waals surface area contributed by atoms with Gasteiger partial charge in [-0.15, -0.1) is 0 Å². The first-order valence-electron chi connectivity index (χ1n) is 8.75. The van der Waals surface area contributed by atoms with Crippen molar-refractivity contribution in [3.63, 3.8) is 0 Å². The smallest absolute Gasteiger partial charge is 0.257 e. The standard InChI is InChI=1S/C20H26N2O3/c1-15-11-18(14-25-15)20(23)21(3)16(2)19-13-22(9-10-24-19)12-17-7-5-4-6-8-17/h4-8,11,14,16,19H,9-10,12-13H2,1-3H3/t16-,19-/m0/s1. The summed E-state index contributed by atoms with van der Waals surface area (Å²) < 4.78 is 11.2. The lowest BCUT2D eigenvalue weighted by Gasteiger charge is -2.39. The molecule has 5 heteroatoms. The lowest BCUT2D eigenvalue weighted by molar-refractivity contribution is -0.0615. The Labute approximate surface area is 149 Å². The molecule has 2 aromatic rings. The molecule has 5 nitrogen and oxygen atoms in total. The molecular weight excluding hydrogens is 316 g/mol. The highest BCUT2D eigenvalue weighted by molar-refractivity contribution is 5.94. The molecule has 2 atom stereocenters. The normalized spacial score (nSPS) is 19.6. The van der Waals surface area contributed by atoms with Crippen molar-refractivity contribution in [1.29, 1.82) is 0 Å². The minimum atomic E-state index is -0.0341. The predicted molar refractivity (Wildman–Crippen MR) is 96.5 cm³/mol. The van der Waals surface area contributed by atoms with Crippen LogP contribution in [0.2, 0.25) is 0 Å². The highest BCUT2D eigenvalue weighted by atomic mass is 16.5. The van der Waals surface area contributed by atoms with Crippen LogP contribution in [-0.2, 0) is 11.3 Å². The maximum Gasteiger partial charge on any atom is 0.257 e. The van der Waals surface area contributed by atoms with Gasteiger partial charge in [-0.05, 0) is 25.5 Å². The van der Waals surface area contributed by atoms with Crippen molar-refractivity contribution in [1.82, 2.24) is 9.80 Å². The molecule has 1 amide bonds. The maximum atomic E-state index is 12.6. The number of ether oxygens (including phenoxy) is 1. The number of hydrogen-bond donors (Lipinski definition) is 0. The number of rotatable bonds is 5. The fraction of sp³-hybridized carbons (Fsp3) is 0.450. The number of amides is 1. The minimum Gasteiger partial charge on any atom is -0.469 e. The van der Waals surface area contributed by atoms with Crippen LogP contribution in [0.3, 0.4) is 0 Å². The molecule has 0 bridgehead atoms. The van der Waals surface area contributed by atoms with Gasteiger partial charge in [-0.3, -0.25) is 9.69 Å². The van der Waals surface area contributed by atoms with Gasteiger partial charge in [0, 0.05) is 26.7 Å². The summed E-state index contributed by atoms with van der Waals surface area (Å²) >= 11 is 0. The van der Waals surface area contributed by atoms with Crippen LogP contribution < -0.4 is 0 Å². The molecule has 0 N–H and O–H groups in total. The Bertz CT molecular complexity index is 698. The second-order valence-corrected chi connectivity index (χ2v) is 6.73. The molecule has 2 heterocycles. The van der Waals surface area contributed by atoms with Crippen LogP contribution >= 0.6 is 0 Å². The molecule has 0 aliphatic carbocycles. The Morgan fingerprint density at radius 3 is 2.80 bits per heavy atom. The number of furan rings is 1. The third-order valence-electron chi connectivity index (χ3n) is 4.87. The number of morpholine rings is 1. The number of aryl methyl sites for hydroxylation is 1. The van der Waals surface area contributed by atoms with E-state index in [4.69, 9.17) is 9.15 Å².